The molecule has 0 spiro atoms. The van der Waals surface area contributed by atoms with Gasteiger partial charge in [0.25, 0.3) is 0 Å². The fourth-order valence-corrected chi connectivity index (χ4v) is 3.95. The van der Waals surface area contributed by atoms with Crippen LogP contribution in [-0.2, 0) is 9.59 Å². The first-order valence-corrected chi connectivity index (χ1v) is 10.8. The van der Waals surface area contributed by atoms with Gasteiger partial charge in [0.15, 0.2) is 0 Å². The fraction of sp³-hybridized carbons (Fsp3) is 0.591. The van der Waals surface area contributed by atoms with Crippen molar-refractivity contribution in [3.8, 4) is 0 Å². The lowest BCUT2D eigenvalue weighted by Gasteiger charge is -2.21. The van der Waals surface area contributed by atoms with Crippen LogP contribution in [0.1, 0.15) is 58.3 Å². The number of rotatable bonds is 5. The molecule has 7 heteroatoms. The fourth-order valence-electron chi connectivity index (χ4n) is 3.95. The van der Waals surface area contributed by atoms with Crippen molar-refractivity contribution in [2.24, 2.45) is 5.92 Å². The summed E-state index contributed by atoms with van der Waals surface area (Å²) >= 11 is 0. The molecule has 2 fully saturated rings. The molecule has 1 unspecified atom stereocenters. The van der Waals surface area contributed by atoms with E-state index in [-0.39, 0.29) is 23.8 Å². The quantitative estimate of drug-likeness (QED) is 0.703. The van der Waals surface area contributed by atoms with Crippen LogP contribution in [0.4, 0.5) is 16.2 Å². The van der Waals surface area contributed by atoms with Crippen LogP contribution in [0, 0.1) is 5.92 Å². The van der Waals surface area contributed by atoms with Crippen molar-refractivity contribution in [3.05, 3.63) is 24.3 Å². The van der Waals surface area contributed by atoms with E-state index in [2.05, 4.69) is 16.0 Å². The maximum Gasteiger partial charge on any atom is 0.321 e. The number of urea groups is 1. The van der Waals surface area contributed by atoms with Crippen molar-refractivity contribution in [3.63, 3.8) is 0 Å². The van der Waals surface area contributed by atoms with Crippen molar-refractivity contribution in [1.82, 2.24) is 10.2 Å². The molecule has 1 aliphatic heterocycles. The van der Waals surface area contributed by atoms with Gasteiger partial charge in [0.2, 0.25) is 11.8 Å². The molecule has 1 atom stereocenters. The molecule has 3 rings (SSSR count). The Morgan fingerprint density at radius 3 is 2.00 bits per heavy atom. The lowest BCUT2D eigenvalue weighted by Crippen LogP contribution is -2.43. The number of amides is 4. The lowest BCUT2D eigenvalue weighted by molar-refractivity contribution is -0.128. The van der Waals surface area contributed by atoms with E-state index in [1.165, 1.54) is 12.8 Å². The third kappa shape index (κ3) is 6.21. The Hall–Kier alpha value is -2.57. The summed E-state index contributed by atoms with van der Waals surface area (Å²) < 4.78 is 0. The maximum absolute atomic E-state index is 12.4. The predicted molar refractivity (Wildman–Crippen MR) is 114 cm³/mol. The number of nitrogens with one attached hydrogen (secondary N) is 3. The summed E-state index contributed by atoms with van der Waals surface area (Å²) in [7, 11) is 0. The van der Waals surface area contributed by atoms with Crippen LogP contribution in [0.3, 0.4) is 0 Å². The normalized spacial score (nSPS) is 18.6. The summed E-state index contributed by atoms with van der Waals surface area (Å²) in [5, 5.41) is 8.54. The van der Waals surface area contributed by atoms with Gasteiger partial charge in [-0.05, 0) is 56.9 Å². The molecule has 3 N–H and O–H groups in total. The summed E-state index contributed by atoms with van der Waals surface area (Å²) in [4.78, 5) is 38.8. The van der Waals surface area contributed by atoms with Gasteiger partial charge in [-0.1, -0.05) is 25.7 Å². The van der Waals surface area contributed by atoms with Crippen molar-refractivity contribution >= 4 is 29.2 Å². The Balaban J connectivity index is 1.47. The molecule has 1 aliphatic carbocycles. The first-order valence-electron chi connectivity index (χ1n) is 10.8. The van der Waals surface area contributed by atoms with E-state index in [9.17, 15) is 14.4 Å². The average Bonchev–Trinajstić information content (AvgIpc) is 3.12. The van der Waals surface area contributed by atoms with E-state index in [0.717, 1.165) is 51.6 Å². The highest BCUT2D eigenvalue weighted by molar-refractivity contribution is 5.97. The number of nitrogens with zero attached hydrogens (tertiary/aromatic N) is 1. The smallest absolute Gasteiger partial charge is 0.321 e. The van der Waals surface area contributed by atoms with E-state index < -0.39 is 6.04 Å². The van der Waals surface area contributed by atoms with E-state index in [4.69, 9.17) is 0 Å². The Morgan fingerprint density at radius 2 is 1.41 bits per heavy atom. The second kappa shape index (κ2) is 10.3. The standard InChI is InChI=1S/C22H32N4O3/c1-16(23-21(28)17-8-4-5-9-17)20(27)24-18-10-12-19(13-11-18)25-22(29)26-14-6-2-3-7-15-26/h10-13,16-17H,2-9,14-15H2,1H3,(H,23,28)(H,24,27)(H,25,29). The second-order valence-electron chi connectivity index (χ2n) is 8.11. The molecule has 1 aromatic rings. The number of carbonyl (C=O) groups excluding carboxylic acids is 3. The minimum absolute atomic E-state index is 0.0308. The Bertz CT molecular complexity index is 705. The van der Waals surface area contributed by atoms with Gasteiger partial charge in [-0.15, -0.1) is 0 Å². The van der Waals surface area contributed by atoms with E-state index in [1.807, 2.05) is 4.90 Å². The zero-order chi connectivity index (χ0) is 20.6. The summed E-state index contributed by atoms with van der Waals surface area (Å²) in [5.74, 6) is -0.244. The summed E-state index contributed by atoms with van der Waals surface area (Å²) in [6, 6.07) is 6.38. The third-order valence-electron chi connectivity index (χ3n) is 5.77. The Morgan fingerprint density at radius 1 is 0.862 bits per heavy atom. The maximum atomic E-state index is 12.4. The van der Waals surface area contributed by atoms with Crippen LogP contribution in [0.15, 0.2) is 24.3 Å². The largest absolute Gasteiger partial charge is 0.344 e. The van der Waals surface area contributed by atoms with E-state index in [1.54, 1.807) is 31.2 Å². The topological polar surface area (TPSA) is 90.5 Å². The van der Waals surface area contributed by atoms with Crippen LogP contribution >= 0.6 is 0 Å². The van der Waals surface area contributed by atoms with E-state index in [0.29, 0.717) is 11.4 Å². The van der Waals surface area contributed by atoms with Crippen LogP contribution in [-0.4, -0.2) is 41.9 Å². The van der Waals surface area contributed by atoms with Crippen LogP contribution < -0.4 is 16.0 Å². The molecule has 1 aromatic carbocycles. The molecule has 0 aromatic heterocycles. The molecule has 7 nitrogen and oxygen atoms in total. The second-order valence-corrected chi connectivity index (χ2v) is 8.11. The SMILES string of the molecule is CC(NC(=O)C1CCCC1)C(=O)Nc1ccc(NC(=O)N2CCCCCC2)cc1. The summed E-state index contributed by atoms with van der Waals surface area (Å²) in [5.41, 5.74) is 1.32. The van der Waals surface area contributed by atoms with Crippen LogP contribution in [0.25, 0.3) is 0 Å². The zero-order valence-electron chi connectivity index (χ0n) is 17.2. The molecule has 4 amide bonds. The number of hydrogen-bond acceptors (Lipinski definition) is 3. The highest BCUT2D eigenvalue weighted by Gasteiger charge is 2.25. The number of likely N-dealkylation sites (tertiary alicyclic amines) is 1. The van der Waals surface area contributed by atoms with Crippen molar-refractivity contribution in [2.75, 3.05) is 23.7 Å². The first-order chi connectivity index (χ1) is 14.0. The third-order valence-corrected chi connectivity index (χ3v) is 5.77. The Kier molecular flexibility index (Phi) is 7.49. The monoisotopic (exact) mass is 400 g/mol. The molecule has 0 radical (unpaired) electrons. The average molecular weight is 401 g/mol. The summed E-state index contributed by atoms with van der Waals surface area (Å²) in [6.45, 7) is 3.28. The Labute approximate surface area is 172 Å². The number of anilines is 2. The minimum atomic E-state index is -0.592. The minimum Gasteiger partial charge on any atom is -0.344 e. The van der Waals surface area contributed by atoms with Gasteiger partial charge < -0.3 is 20.9 Å². The first kappa shape index (κ1) is 21.1. The van der Waals surface area contributed by atoms with Gasteiger partial charge in [-0.2, -0.15) is 0 Å². The van der Waals surface area contributed by atoms with Gasteiger partial charge >= 0.3 is 6.03 Å². The number of carbonyl (C=O) groups is 3. The van der Waals surface area contributed by atoms with Gasteiger partial charge in [0.1, 0.15) is 6.04 Å². The van der Waals surface area contributed by atoms with Crippen molar-refractivity contribution in [2.45, 2.75) is 64.3 Å². The zero-order valence-corrected chi connectivity index (χ0v) is 17.2. The van der Waals surface area contributed by atoms with Gasteiger partial charge in [0.05, 0.1) is 0 Å². The predicted octanol–water partition coefficient (Wildman–Crippen LogP) is 3.73. The molecular weight excluding hydrogens is 368 g/mol. The molecule has 1 saturated carbocycles. The number of hydrogen-bond donors (Lipinski definition) is 3. The van der Waals surface area contributed by atoms with Crippen molar-refractivity contribution in [1.29, 1.82) is 0 Å². The van der Waals surface area contributed by atoms with E-state index >= 15 is 0 Å². The molecule has 0 bridgehead atoms. The van der Waals surface area contributed by atoms with Crippen molar-refractivity contribution < 1.29 is 14.4 Å². The molecule has 1 heterocycles. The van der Waals surface area contributed by atoms with Crippen LogP contribution in [0.5, 0.6) is 0 Å². The number of benzene rings is 1. The lowest BCUT2D eigenvalue weighted by atomic mass is 10.1. The molecule has 1 saturated heterocycles. The summed E-state index contributed by atoms with van der Waals surface area (Å²) in [6.07, 6.45) is 8.44. The van der Waals surface area contributed by atoms with Crippen LogP contribution in [0.2, 0.25) is 0 Å². The van der Waals surface area contributed by atoms with Gasteiger partial charge in [-0.3, -0.25) is 9.59 Å². The molecule has 2 aliphatic rings. The molecular formula is C22H32N4O3. The molecule has 158 valence electrons. The highest BCUT2D eigenvalue weighted by atomic mass is 16.2. The highest BCUT2D eigenvalue weighted by Crippen LogP contribution is 2.24. The van der Waals surface area contributed by atoms with Gasteiger partial charge in [-0.25, -0.2) is 4.79 Å². The molecule has 29 heavy (non-hydrogen) atoms. The van der Waals surface area contributed by atoms with Gasteiger partial charge in [0, 0.05) is 30.4 Å².